The highest BCUT2D eigenvalue weighted by atomic mass is 32.1. The summed E-state index contributed by atoms with van der Waals surface area (Å²) >= 11 is 3.74. The molecule has 0 atom stereocenters. The van der Waals surface area contributed by atoms with E-state index < -0.39 is 0 Å². The predicted octanol–water partition coefficient (Wildman–Crippen LogP) is 22.5. The van der Waals surface area contributed by atoms with Crippen LogP contribution < -0.4 is 9.80 Å². The number of fused-ring (bicyclic) bond motifs is 15. The Labute approximate surface area is 466 Å². The molecule has 0 radical (unpaired) electrons. The minimum absolute atomic E-state index is 0.238. The van der Waals surface area contributed by atoms with Gasteiger partial charge in [-0.1, -0.05) is 184 Å². The lowest BCUT2D eigenvalue weighted by molar-refractivity contribution is 0.667. The zero-order chi connectivity index (χ0) is 52.3. The Balaban J connectivity index is 0.752. The Morgan fingerprint density at radius 3 is 1.33 bits per heavy atom. The summed E-state index contributed by atoms with van der Waals surface area (Å²) in [5, 5.41) is 12.9. The molecule has 0 fully saturated rings. The van der Waals surface area contributed by atoms with Gasteiger partial charge in [-0.2, -0.15) is 0 Å². The van der Waals surface area contributed by atoms with E-state index >= 15 is 0 Å². The van der Waals surface area contributed by atoms with E-state index in [-0.39, 0.29) is 5.41 Å². The summed E-state index contributed by atoms with van der Waals surface area (Å²) in [5.41, 5.74) is 17.0. The number of benzene rings is 13. The van der Waals surface area contributed by atoms with Gasteiger partial charge in [0.05, 0.1) is 20.8 Å². The van der Waals surface area contributed by atoms with Crippen LogP contribution in [0.5, 0.6) is 0 Å². The minimum Gasteiger partial charge on any atom is -0.309 e. The molecule has 16 rings (SSSR count). The standard InChI is InChI=1S/C75H50N2S2/c1-75(2)66-46-52-43-49(47-33-38-55(39-34-47)76(53-17-5-3-6-18-53)67-27-15-25-62-58-22-11-13-29-69(58)78-73(62)67)31-32-51(52)45-65(66)71-60-24-10-9-21-57(60)64-44-50(37-42-61(64)72(71)75)48-35-40-56(41-36-48)77(54-19-7-4-8-20-54)68-28-16-26-63-59-23-12-14-30-70(59)79-74(63)68/h3-46H,1-2H3. The summed E-state index contributed by atoms with van der Waals surface area (Å²) in [6.07, 6.45) is 0. The summed E-state index contributed by atoms with van der Waals surface area (Å²) in [4.78, 5) is 4.82. The van der Waals surface area contributed by atoms with Gasteiger partial charge in [0.25, 0.3) is 0 Å². The molecule has 2 heterocycles. The van der Waals surface area contributed by atoms with Crippen molar-refractivity contribution < 1.29 is 0 Å². The second kappa shape index (κ2) is 17.9. The van der Waals surface area contributed by atoms with Gasteiger partial charge in [0.2, 0.25) is 0 Å². The van der Waals surface area contributed by atoms with Crippen molar-refractivity contribution in [2.24, 2.45) is 0 Å². The van der Waals surface area contributed by atoms with Gasteiger partial charge in [-0.05, 0) is 174 Å². The van der Waals surface area contributed by atoms with Crippen molar-refractivity contribution in [1.29, 1.82) is 0 Å². The van der Waals surface area contributed by atoms with Gasteiger partial charge in [-0.25, -0.2) is 0 Å². The van der Waals surface area contributed by atoms with E-state index in [9.17, 15) is 0 Å². The number of anilines is 6. The van der Waals surface area contributed by atoms with E-state index in [0.29, 0.717) is 0 Å². The fourth-order valence-electron chi connectivity index (χ4n) is 13.1. The van der Waals surface area contributed by atoms with Crippen LogP contribution in [-0.4, -0.2) is 0 Å². The third-order valence-electron chi connectivity index (χ3n) is 16.8. The lowest BCUT2D eigenvalue weighted by atomic mass is 9.78. The Hall–Kier alpha value is -9.32. The highest BCUT2D eigenvalue weighted by molar-refractivity contribution is 7.26. The molecule has 2 aromatic heterocycles. The molecule has 15 aromatic rings. The number of para-hydroxylation sites is 2. The lowest BCUT2D eigenvalue weighted by Crippen LogP contribution is -2.15. The third kappa shape index (κ3) is 7.22. The lowest BCUT2D eigenvalue weighted by Gasteiger charge is -2.26. The van der Waals surface area contributed by atoms with Gasteiger partial charge in [-0.3, -0.25) is 0 Å². The second-order valence-electron chi connectivity index (χ2n) is 21.6. The maximum Gasteiger partial charge on any atom is 0.0640 e. The number of hydrogen-bond acceptors (Lipinski definition) is 4. The van der Waals surface area contributed by atoms with E-state index in [4.69, 9.17) is 0 Å². The van der Waals surface area contributed by atoms with Crippen LogP contribution in [0.1, 0.15) is 25.0 Å². The Kier molecular flexibility index (Phi) is 10.4. The monoisotopic (exact) mass is 1040 g/mol. The average Bonchev–Trinajstić information content (AvgIpc) is 3.70. The van der Waals surface area contributed by atoms with Gasteiger partial charge in [0, 0.05) is 59.1 Å². The molecule has 0 saturated heterocycles. The zero-order valence-corrected chi connectivity index (χ0v) is 45.2. The van der Waals surface area contributed by atoms with E-state index in [1.165, 1.54) is 129 Å². The van der Waals surface area contributed by atoms with Crippen LogP contribution in [0, 0.1) is 0 Å². The third-order valence-corrected chi connectivity index (χ3v) is 19.2. The SMILES string of the molecule is CC1(C)c2cc3cc(-c4ccc(N(c5ccccc5)c5cccc6c5sc5ccccc56)cc4)ccc3cc2-c2c1c1ccc(-c3ccc(N(c4ccccc4)c4cccc5c4sc4ccccc45)cc3)cc1c1ccccc21. The fourth-order valence-corrected chi connectivity index (χ4v) is 15.5. The van der Waals surface area contributed by atoms with Crippen molar-refractivity contribution in [2.75, 3.05) is 9.80 Å². The van der Waals surface area contributed by atoms with E-state index in [1.54, 1.807) is 0 Å². The first kappa shape index (κ1) is 45.8. The summed E-state index contributed by atoms with van der Waals surface area (Å²) in [7, 11) is 0. The number of rotatable bonds is 8. The van der Waals surface area contributed by atoms with Crippen LogP contribution in [-0.2, 0) is 5.41 Å². The highest BCUT2D eigenvalue weighted by Gasteiger charge is 2.39. The fraction of sp³-hybridized carbons (Fsp3) is 0.0400. The molecule has 79 heavy (non-hydrogen) atoms. The topological polar surface area (TPSA) is 6.48 Å². The van der Waals surface area contributed by atoms with E-state index in [0.717, 1.165) is 22.7 Å². The Morgan fingerprint density at radius 2 is 0.759 bits per heavy atom. The molecule has 0 saturated carbocycles. The van der Waals surface area contributed by atoms with Gasteiger partial charge in [0.15, 0.2) is 0 Å². The average molecular weight is 1040 g/mol. The molecule has 0 amide bonds. The Bertz CT molecular complexity index is 4920. The normalized spacial score (nSPS) is 12.8. The molecule has 372 valence electrons. The molecule has 2 nitrogen and oxygen atoms in total. The van der Waals surface area contributed by atoms with Gasteiger partial charge in [-0.15, -0.1) is 22.7 Å². The van der Waals surface area contributed by atoms with Crippen LogP contribution in [0.3, 0.4) is 0 Å². The molecule has 4 heteroatoms. The summed E-state index contributed by atoms with van der Waals surface area (Å²) in [6.45, 7) is 4.87. The maximum absolute atomic E-state index is 2.49. The number of hydrogen-bond donors (Lipinski definition) is 0. The van der Waals surface area contributed by atoms with E-state index in [1.807, 2.05) is 22.7 Å². The molecule has 0 aliphatic heterocycles. The molecular formula is C75H50N2S2. The number of nitrogens with zero attached hydrogens (tertiary/aromatic N) is 2. The molecule has 1 aliphatic rings. The maximum atomic E-state index is 2.49. The van der Waals surface area contributed by atoms with Crippen molar-refractivity contribution in [1.82, 2.24) is 0 Å². The predicted molar refractivity (Wildman–Crippen MR) is 343 cm³/mol. The molecule has 0 spiro atoms. The highest BCUT2D eigenvalue weighted by Crippen LogP contribution is 2.56. The van der Waals surface area contributed by atoms with Crippen LogP contribution in [0.4, 0.5) is 34.1 Å². The molecule has 0 bridgehead atoms. The van der Waals surface area contributed by atoms with Crippen molar-refractivity contribution in [3.8, 4) is 33.4 Å². The smallest absolute Gasteiger partial charge is 0.0640 e. The zero-order valence-electron chi connectivity index (χ0n) is 43.6. The first-order valence-corrected chi connectivity index (χ1v) is 28.9. The summed E-state index contributed by atoms with van der Waals surface area (Å²) in [5.74, 6) is 0. The van der Waals surface area contributed by atoms with Crippen molar-refractivity contribution >= 4 is 129 Å². The quantitative estimate of drug-likeness (QED) is 0.140. The van der Waals surface area contributed by atoms with Crippen molar-refractivity contribution in [2.45, 2.75) is 19.3 Å². The molecule has 0 N–H and O–H groups in total. The summed E-state index contributed by atoms with van der Waals surface area (Å²) < 4.78 is 5.20. The largest absolute Gasteiger partial charge is 0.309 e. The Morgan fingerprint density at radius 1 is 0.304 bits per heavy atom. The van der Waals surface area contributed by atoms with Crippen LogP contribution >= 0.6 is 22.7 Å². The number of thiophene rings is 2. The molecule has 0 unspecified atom stereocenters. The van der Waals surface area contributed by atoms with Gasteiger partial charge >= 0.3 is 0 Å². The molecule has 13 aromatic carbocycles. The summed E-state index contributed by atoms with van der Waals surface area (Å²) in [6, 6.07) is 99.1. The van der Waals surface area contributed by atoms with Crippen molar-refractivity contribution in [3.05, 3.63) is 278 Å². The molecule has 1 aliphatic carbocycles. The van der Waals surface area contributed by atoms with Crippen LogP contribution in [0.25, 0.3) is 106 Å². The first-order chi connectivity index (χ1) is 38.9. The van der Waals surface area contributed by atoms with E-state index in [2.05, 4.69) is 291 Å². The van der Waals surface area contributed by atoms with Crippen LogP contribution in [0.2, 0.25) is 0 Å². The minimum atomic E-state index is -0.238. The second-order valence-corrected chi connectivity index (χ2v) is 23.7. The molecular weight excluding hydrogens is 993 g/mol. The van der Waals surface area contributed by atoms with Gasteiger partial charge < -0.3 is 9.80 Å². The van der Waals surface area contributed by atoms with Crippen molar-refractivity contribution in [3.63, 3.8) is 0 Å². The van der Waals surface area contributed by atoms with Gasteiger partial charge in [0.1, 0.15) is 0 Å². The van der Waals surface area contributed by atoms with Crippen LogP contribution in [0.15, 0.2) is 267 Å². The first-order valence-electron chi connectivity index (χ1n) is 27.2.